The van der Waals surface area contributed by atoms with Crippen LogP contribution in [-0.2, 0) is 6.54 Å². The van der Waals surface area contributed by atoms with Crippen molar-refractivity contribution in [3.05, 3.63) is 83.4 Å². The second-order valence-electron chi connectivity index (χ2n) is 9.10. The summed E-state index contributed by atoms with van der Waals surface area (Å²) in [5.41, 5.74) is 4.67. The minimum Gasteiger partial charge on any atom is -0.459 e. The number of aromatic nitrogens is 1. The Labute approximate surface area is 211 Å². The van der Waals surface area contributed by atoms with Gasteiger partial charge in [0.1, 0.15) is 0 Å². The van der Waals surface area contributed by atoms with Crippen LogP contribution in [0.1, 0.15) is 49.0 Å². The molecule has 2 aromatic heterocycles. The standard InChI is InChI=1S/C29H32ClN3O2/c1-3-31(4-2)17-18-32-24-15-14-22(30)20-23(24)27(21-10-6-5-7-11-21)28(32)25-12-8-16-33(25)29(34)26-13-9-19-35-26/h5-7,9-11,13-15,19-20,25H,3-4,8,12,16-18H2,1-2H3. The summed E-state index contributed by atoms with van der Waals surface area (Å²) in [7, 11) is 0. The molecule has 4 aromatic rings. The number of amides is 1. The zero-order chi connectivity index (χ0) is 24.4. The lowest BCUT2D eigenvalue weighted by molar-refractivity contribution is 0.0698. The Morgan fingerprint density at radius 2 is 1.89 bits per heavy atom. The van der Waals surface area contributed by atoms with Crippen LogP contribution in [0.25, 0.3) is 22.0 Å². The fourth-order valence-electron chi connectivity index (χ4n) is 5.46. The maximum atomic E-state index is 13.5. The number of furan rings is 1. The van der Waals surface area contributed by atoms with Gasteiger partial charge in [-0.1, -0.05) is 55.8 Å². The predicted molar refractivity (Wildman–Crippen MR) is 142 cm³/mol. The number of hydrogen-bond acceptors (Lipinski definition) is 3. The van der Waals surface area contributed by atoms with Crippen LogP contribution >= 0.6 is 11.6 Å². The van der Waals surface area contributed by atoms with Gasteiger partial charge in [0, 0.05) is 46.8 Å². The second kappa shape index (κ2) is 10.3. The van der Waals surface area contributed by atoms with E-state index >= 15 is 0 Å². The van der Waals surface area contributed by atoms with Crippen LogP contribution in [0.2, 0.25) is 5.02 Å². The molecule has 1 fully saturated rings. The highest BCUT2D eigenvalue weighted by Gasteiger charge is 2.36. The molecule has 0 N–H and O–H groups in total. The molecule has 0 bridgehead atoms. The zero-order valence-corrected chi connectivity index (χ0v) is 21.2. The van der Waals surface area contributed by atoms with E-state index in [1.165, 1.54) is 11.3 Å². The Morgan fingerprint density at radius 3 is 2.60 bits per heavy atom. The van der Waals surface area contributed by atoms with E-state index in [1.54, 1.807) is 18.4 Å². The van der Waals surface area contributed by atoms with Gasteiger partial charge in [0.05, 0.1) is 12.3 Å². The number of nitrogens with zero attached hydrogens (tertiary/aromatic N) is 3. The number of halogens is 1. The quantitative estimate of drug-likeness (QED) is 0.271. The van der Waals surface area contributed by atoms with Gasteiger partial charge in [0.2, 0.25) is 0 Å². The minimum absolute atomic E-state index is 0.0364. The molecule has 0 radical (unpaired) electrons. The van der Waals surface area contributed by atoms with Gasteiger partial charge in [0.25, 0.3) is 5.91 Å². The Hall–Kier alpha value is -3.02. The number of likely N-dealkylation sites (tertiary alicyclic amines) is 1. The Morgan fingerprint density at radius 1 is 1.09 bits per heavy atom. The van der Waals surface area contributed by atoms with E-state index in [0.717, 1.165) is 67.1 Å². The van der Waals surface area contributed by atoms with Gasteiger partial charge < -0.3 is 18.8 Å². The van der Waals surface area contributed by atoms with Crippen molar-refractivity contribution in [1.82, 2.24) is 14.4 Å². The SMILES string of the molecule is CCN(CC)CCn1c(C2CCCN2C(=O)c2ccco2)c(-c2ccccc2)c2cc(Cl)ccc21. The van der Waals surface area contributed by atoms with Gasteiger partial charge >= 0.3 is 0 Å². The molecule has 0 spiro atoms. The highest BCUT2D eigenvalue weighted by atomic mass is 35.5. The van der Waals surface area contributed by atoms with Crippen LogP contribution in [-0.4, -0.2) is 46.5 Å². The summed E-state index contributed by atoms with van der Waals surface area (Å²) in [5, 5.41) is 1.85. The fourth-order valence-corrected chi connectivity index (χ4v) is 5.63. The van der Waals surface area contributed by atoms with Gasteiger partial charge in [-0.25, -0.2) is 0 Å². The van der Waals surface area contributed by atoms with Crippen LogP contribution in [0.3, 0.4) is 0 Å². The first-order chi connectivity index (χ1) is 17.1. The third kappa shape index (κ3) is 4.51. The summed E-state index contributed by atoms with van der Waals surface area (Å²) in [6.07, 6.45) is 3.45. The highest BCUT2D eigenvalue weighted by Crippen LogP contribution is 2.44. The molecule has 1 unspecified atom stereocenters. The first kappa shape index (κ1) is 23.7. The van der Waals surface area contributed by atoms with Crippen LogP contribution in [0.15, 0.2) is 71.3 Å². The molecule has 5 rings (SSSR count). The van der Waals surface area contributed by atoms with E-state index in [2.05, 4.69) is 59.7 Å². The van der Waals surface area contributed by atoms with Crippen molar-refractivity contribution in [3.8, 4) is 11.1 Å². The van der Waals surface area contributed by atoms with E-state index in [9.17, 15) is 4.79 Å². The number of benzene rings is 2. The predicted octanol–water partition coefficient (Wildman–Crippen LogP) is 6.87. The maximum absolute atomic E-state index is 13.5. The number of rotatable bonds is 8. The normalized spacial score (nSPS) is 16.0. The first-order valence-electron chi connectivity index (χ1n) is 12.6. The molecule has 35 heavy (non-hydrogen) atoms. The van der Waals surface area contributed by atoms with Gasteiger partial charge in [-0.2, -0.15) is 0 Å². The number of carbonyl (C=O) groups excluding carboxylic acids is 1. The monoisotopic (exact) mass is 489 g/mol. The van der Waals surface area contributed by atoms with Crippen molar-refractivity contribution in [1.29, 1.82) is 0 Å². The van der Waals surface area contributed by atoms with Crippen molar-refractivity contribution in [3.63, 3.8) is 0 Å². The molecule has 182 valence electrons. The summed E-state index contributed by atoms with van der Waals surface area (Å²) in [6.45, 7) is 8.93. The largest absolute Gasteiger partial charge is 0.459 e. The molecule has 3 heterocycles. The summed E-state index contributed by atoms with van der Waals surface area (Å²) in [4.78, 5) is 17.9. The van der Waals surface area contributed by atoms with Crippen molar-refractivity contribution < 1.29 is 9.21 Å². The molecule has 0 saturated carbocycles. The third-order valence-corrected chi connectivity index (χ3v) is 7.46. The number of hydrogen-bond donors (Lipinski definition) is 0. The molecule has 6 heteroatoms. The molecule has 1 atom stereocenters. The van der Waals surface area contributed by atoms with E-state index < -0.39 is 0 Å². The zero-order valence-electron chi connectivity index (χ0n) is 20.4. The first-order valence-corrected chi connectivity index (χ1v) is 12.9. The van der Waals surface area contributed by atoms with Crippen LogP contribution in [0.4, 0.5) is 0 Å². The second-order valence-corrected chi connectivity index (χ2v) is 9.54. The van der Waals surface area contributed by atoms with E-state index in [-0.39, 0.29) is 11.9 Å². The van der Waals surface area contributed by atoms with Crippen LogP contribution < -0.4 is 0 Å². The molecule has 2 aromatic carbocycles. The lowest BCUT2D eigenvalue weighted by Gasteiger charge is -2.28. The number of carbonyl (C=O) groups is 1. The minimum atomic E-state index is -0.0462. The number of fused-ring (bicyclic) bond motifs is 1. The lowest BCUT2D eigenvalue weighted by atomic mass is 9.97. The molecular weight excluding hydrogens is 458 g/mol. The van der Waals surface area contributed by atoms with Gasteiger partial charge in [-0.3, -0.25) is 4.79 Å². The maximum Gasteiger partial charge on any atom is 0.290 e. The molecule has 1 aliphatic heterocycles. The highest BCUT2D eigenvalue weighted by molar-refractivity contribution is 6.31. The summed E-state index contributed by atoms with van der Waals surface area (Å²) in [6, 6.07) is 20.2. The summed E-state index contributed by atoms with van der Waals surface area (Å²) >= 11 is 6.52. The molecule has 1 aliphatic rings. The Kier molecular flexibility index (Phi) is 6.98. The number of likely N-dealkylation sites (N-methyl/N-ethyl adjacent to an activating group) is 1. The van der Waals surface area contributed by atoms with Gasteiger partial charge in [0.15, 0.2) is 5.76 Å². The van der Waals surface area contributed by atoms with E-state index in [0.29, 0.717) is 5.76 Å². The van der Waals surface area contributed by atoms with E-state index in [4.69, 9.17) is 16.0 Å². The van der Waals surface area contributed by atoms with Gasteiger partial charge in [-0.05, 0) is 61.8 Å². The molecule has 1 saturated heterocycles. The van der Waals surface area contributed by atoms with E-state index in [1.807, 2.05) is 17.0 Å². The smallest absolute Gasteiger partial charge is 0.290 e. The molecule has 0 aliphatic carbocycles. The molecular formula is C29H32ClN3O2. The van der Waals surface area contributed by atoms with Gasteiger partial charge in [-0.15, -0.1) is 0 Å². The Bertz CT molecular complexity index is 1290. The van der Waals surface area contributed by atoms with Crippen molar-refractivity contribution in [2.75, 3.05) is 26.2 Å². The molecule has 1 amide bonds. The lowest BCUT2D eigenvalue weighted by Crippen LogP contribution is -2.33. The summed E-state index contributed by atoms with van der Waals surface area (Å²) < 4.78 is 7.93. The average Bonchev–Trinajstić information content (AvgIpc) is 3.64. The van der Waals surface area contributed by atoms with Crippen molar-refractivity contribution in [2.45, 2.75) is 39.3 Å². The van der Waals surface area contributed by atoms with Crippen LogP contribution in [0, 0.1) is 0 Å². The van der Waals surface area contributed by atoms with Crippen LogP contribution in [0.5, 0.6) is 0 Å². The molecule has 5 nitrogen and oxygen atoms in total. The summed E-state index contributed by atoms with van der Waals surface area (Å²) in [5.74, 6) is 0.349. The Balaban J connectivity index is 1.71. The topological polar surface area (TPSA) is 41.6 Å². The average molecular weight is 490 g/mol. The third-order valence-electron chi connectivity index (χ3n) is 7.22. The fraction of sp³-hybridized carbons (Fsp3) is 0.345. The van der Waals surface area contributed by atoms with Crippen molar-refractivity contribution >= 4 is 28.4 Å². The van der Waals surface area contributed by atoms with Crippen molar-refractivity contribution in [2.24, 2.45) is 0 Å².